The monoisotopic (exact) mass is 1870 g/mol. The minimum atomic E-state index is 0.910. The summed E-state index contributed by atoms with van der Waals surface area (Å²) < 4.78 is 18.7. The van der Waals surface area contributed by atoms with Crippen LogP contribution in [0.1, 0.15) is 0 Å². The lowest BCUT2D eigenvalue weighted by molar-refractivity contribution is 0.668. The fourth-order valence-corrected chi connectivity index (χ4v) is 23.4. The molecule has 3 aromatic heterocycles. The number of fused-ring (bicyclic) bond motifs is 18. The molecule has 0 saturated heterocycles. The fraction of sp³-hybridized carbons (Fsp3) is 0. The Morgan fingerprint density at radius 3 is 0.707 bits per heavy atom. The topological polar surface area (TPSA) is 39.4 Å². The Balaban J connectivity index is 0.000000107. The highest BCUT2D eigenvalue weighted by Crippen LogP contribution is 2.53. The third-order valence-electron chi connectivity index (χ3n) is 30.2. The van der Waals surface area contributed by atoms with Crippen molar-refractivity contribution in [2.24, 2.45) is 0 Å². The molecule has 0 saturated carbocycles. The molecule has 0 N–H and O–H groups in total. The van der Waals surface area contributed by atoms with Crippen molar-refractivity contribution < 1.29 is 13.3 Å². The minimum absolute atomic E-state index is 0.910. The van der Waals surface area contributed by atoms with Gasteiger partial charge in [0, 0.05) is 32.3 Å². The van der Waals surface area contributed by atoms with Gasteiger partial charge in [-0.1, -0.05) is 467 Å². The first kappa shape index (κ1) is 85.6. The normalized spacial score (nSPS) is 11.7. The Morgan fingerprint density at radius 1 is 0.0884 bits per heavy atom. The quantitative estimate of drug-likeness (QED) is 0.114. The largest absolute Gasteiger partial charge is 0.456 e. The Labute approximate surface area is 849 Å². The molecule has 3 nitrogen and oxygen atoms in total. The summed E-state index contributed by atoms with van der Waals surface area (Å²) in [4.78, 5) is 0. The Morgan fingerprint density at radius 2 is 0.313 bits per heavy atom. The van der Waals surface area contributed by atoms with E-state index in [4.69, 9.17) is 13.3 Å². The lowest BCUT2D eigenvalue weighted by Crippen LogP contribution is -1.93. The first-order chi connectivity index (χ1) is 72.9. The maximum atomic E-state index is 6.26. The number of benzene rings is 27. The van der Waals surface area contributed by atoms with Crippen LogP contribution < -0.4 is 0 Å². The van der Waals surface area contributed by atoms with Crippen LogP contribution >= 0.6 is 0 Å². The van der Waals surface area contributed by atoms with Gasteiger partial charge in [-0.15, -0.1) is 0 Å². The van der Waals surface area contributed by atoms with Crippen molar-refractivity contribution in [1.82, 2.24) is 0 Å². The van der Waals surface area contributed by atoms with Gasteiger partial charge in [0.2, 0.25) is 0 Å². The van der Waals surface area contributed by atoms with E-state index in [1.54, 1.807) is 0 Å². The highest BCUT2D eigenvalue weighted by atomic mass is 16.3. The van der Waals surface area contributed by atoms with Gasteiger partial charge in [0.05, 0.1) is 0 Å². The van der Waals surface area contributed by atoms with Crippen LogP contribution in [0.15, 0.2) is 559 Å². The number of para-hydroxylation sites is 3. The summed E-state index contributed by atoms with van der Waals surface area (Å²) in [6, 6.07) is 198. The van der Waals surface area contributed by atoms with Crippen LogP contribution in [0.25, 0.3) is 296 Å². The second-order valence-electron chi connectivity index (χ2n) is 38.5. The molecule has 0 bridgehead atoms. The highest BCUT2D eigenvalue weighted by molar-refractivity contribution is 6.28. The third-order valence-corrected chi connectivity index (χ3v) is 30.2. The Hall–Kier alpha value is -19.3. The van der Waals surface area contributed by atoms with Gasteiger partial charge < -0.3 is 13.3 Å². The van der Waals surface area contributed by atoms with Gasteiger partial charge in [-0.05, 0) is 309 Å². The second-order valence-corrected chi connectivity index (χ2v) is 38.5. The molecule has 0 atom stereocenters. The molecule has 147 heavy (non-hydrogen) atoms. The molecule has 0 amide bonds. The summed E-state index contributed by atoms with van der Waals surface area (Å²) in [6.07, 6.45) is 0. The zero-order valence-electron chi connectivity index (χ0n) is 80.2. The van der Waals surface area contributed by atoms with E-state index in [-0.39, 0.29) is 0 Å². The molecule has 3 heterocycles. The average Bonchev–Trinajstić information content (AvgIpc) is 1.11. The minimum Gasteiger partial charge on any atom is -0.456 e. The van der Waals surface area contributed by atoms with Crippen molar-refractivity contribution >= 4 is 163 Å². The van der Waals surface area contributed by atoms with Gasteiger partial charge in [-0.25, -0.2) is 0 Å². The molecular formula is C144H90O3. The maximum Gasteiger partial charge on any atom is 0.136 e. The molecule has 0 spiro atoms. The first-order valence-electron chi connectivity index (χ1n) is 50.5. The lowest BCUT2D eigenvalue weighted by Gasteiger charge is -2.20. The highest BCUT2D eigenvalue weighted by Gasteiger charge is 2.26. The van der Waals surface area contributed by atoms with Crippen LogP contribution in [0.5, 0.6) is 0 Å². The number of rotatable bonds is 12. The van der Waals surface area contributed by atoms with E-state index in [1.165, 1.54) is 219 Å². The van der Waals surface area contributed by atoms with Gasteiger partial charge in [-0.3, -0.25) is 0 Å². The summed E-state index contributed by atoms with van der Waals surface area (Å²) in [5, 5.41) is 29.4. The summed E-state index contributed by atoms with van der Waals surface area (Å²) in [6.45, 7) is 0. The number of hydrogen-bond donors (Lipinski definition) is 0. The molecule has 0 radical (unpaired) electrons. The third kappa shape index (κ3) is 15.0. The lowest BCUT2D eigenvalue weighted by atomic mass is 9.82. The number of hydrogen-bond acceptors (Lipinski definition) is 3. The van der Waals surface area contributed by atoms with Crippen LogP contribution in [0, 0.1) is 0 Å². The molecule has 3 heteroatoms. The van der Waals surface area contributed by atoms with E-state index in [0.717, 1.165) is 76.9 Å². The molecule has 0 unspecified atom stereocenters. The van der Waals surface area contributed by atoms with Crippen molar-refractivity contribution in [3.8, 4) is 134 Å². The van der Waals surface area contributed by atoms with E-state index < -0.39 is 0 Å². The molecule has 0 aliphatic carbocycles. The molecule has 0 fully saturated rings. The van der Waals surface area contributed by atoms with Crippen molar-refractivity contribution in [2.75, 3.05) is 0 Å². The summed E-state index contributed by atoms with van der Waals surface area (Å²) in [5.41, 5.74) is 34.8. The van der Waals surface area contributed by atoms with E-state index in [9.17, 15) is 0 Å². The van der Waals surface area contributed by atoms with Crippen LogP contribution in [-0.2, 0) is 0 Å². The zero-order chi connectivity index (χ0) is 96.9. The first-order valence-corrected chi connectivity index (χ1v) is 50.5. The fourth-order valence-electron chi connectivity index (χ4n) is 23.4. The van der Waals surface area contributed by atoms with E-state index in [0.29, 0.717) is 0 Å². The molecule has 0 aliphatic rings. The summed E-state index contributed by atoms with van der Waals surface area (Å²) in [7, 11) is 0. The second kappa shape index (κ2) is 36.0. The van der Waals surface area contributed by atoms with Crippen molar-refractivity contribution in [3.63, 3.8) is 0 Å². The summed E-state index contributed by atoms with van der Waals surface area (Å²) >= 11 is 0. The van der Waals surface area contributed by atoms with Gasteiger partial charge >= 0.3 is 0 Å². The van der Waals surface area contributed by atoms with Gasteiger partial charge in [0.15, 0.2) is 0 Å². The van der Waals surface area contributed by atoms with E-state index in [2.05, 4.69) is 510 Å². The summed E-state index contributed by atoms with van der Waals surface area (Å²) in [5.74, 6) is 0. The predicted molar refractivity (Wildman–Crippen MR) is 624 cm³/mol. The number of furan rings is 3. The molecule has 684 valence electrons. The SMILES string of the molecule is c1ccc(-c2ccc3cccc(-c4c5ccccc5c(-c5ccc(-c6ccc7c(c6)oc6ccccc67)cc5)c5ccccc45)c3c2)cc1.c1ccc(-c2ccc3cccc(-c4c5ccccc5c(-c5cccc(-c6ccc7c(c6)oc6ccccc67)c5)c5ccccc45)c3c2)cc1.c1ccc(-c2ccc3cccc(-c4c5ccccc5c(-c5ccccc5-c5ccc6oc7ccccc7c6c5)c5ccccc45)c3c2)cc1. The predicted octanol–water partition coefficient (Wildman–Crippen LogP) is 41.1. The van der Waals surface area contributed by atoms with Crippen LogP contribution in [0.2, 0.25) is 0 Å². The van der Waals surface area contributed by atoms with E-state index in [1.807, 2.05) is 36.4 Å². The standard InChI is InChI=1S/3C48H30O/c1-2-12-31(13-3-1)34-25-24-32-14-11-22-43(44(32)29-34)48-41-20-6-4-18-39(41)47(40-19-5-7-21-42(40)48)36-16-10-15-33(28-36)35-26-27-38-37-17-8-9-23-45(37)49-46(38)30-35;1-2-11-31(12-3-1)35-26-23-33-13-10-19-43(44(33)29-35)48-41-17-6-4-15-39(41)47(40-16-5-7-18-42(40)48)34-24-21-32(22-25-34)36-27-28-38-37-14-8-9-20-45(37)49-46(38)30-36;1-2-13-31(14-3-1)33-26-25-32-15-12-23-42(43(32)29-33)48-40-21-8-6-19-38(40)47(39-20-7-9-22-41(39)48)37-18-5-4-16-35(37)34-27-28-46-44(30-34)36-17-10-11-24-45(36)49-46/h3*1-30H. The van der Waals surface area contributed by atoms with Gasteiger partial charge in [-0.2, -0.15) is 0 Å². The molecule has 0 aliphatic heterocycles. The van der Waals surface area contributed by atoms with Crippen LogP contribution in [0.3, 0.4) is 0 Å². The van der Waals surface area contributed by atoms with Gasteiger partial charge in [0.25, 0.3) is 0 Å². The van der Waals surface area contributed by atoms with Crippen molar-refractivity contribution in [2.45, 2.75) is 0 Å². The zero-order valence-corrected chi connectivity index (χ0v) is 80.2. The Bertz CT molecular complexity index is 10300. The molecule has 30 rings (SSSR count). The van der Waals surface area contributed by atoms with Crippen LogP contribution in [-0.4, -0.2) is 0 Å². The molecule has 27 aromatic carbocycles. The average molecular weight is 1870 g/mol. The van der Waals surface area contributed by atoms with Crippen molar-refractivity contribution in [3.05, 3.63) is 546 Å². The Kier molecular flexibility index (Phi) is 21.0. The van der Waals surface area contributed by atoms with Gasteiger partial charge in [0.1, 0.15) is 33.5 Å². The molecular weight excluding hydrogens is 1780 g/mol. The van der Waals surface area contributed by atoms with Crippen molar-refractivity contribution in [1.29, 1.82) is 0 Å². The smallest absolute Gasteiger partial charge is 0.136 e. The molecule has 30 aromatic rings. The van der Waals surface area contributed by atoms with E-state index >= 15 is 0 Å². The van der Waals surface area contributed by atoms with Crippen LogP contribution in [0.4, 0.5) is 0 Å². The maximum absolute atomic E-state index is 6.26.